The molecule has 0 radical (unpaired) electrons. The van der Waals surface area contributed by atoms with Crippen molar-refractivity contribution in [3.05, 3.63) is 443 Å². The monoisotopic (exact) mass is 1770 g/mol. The van der Waals surface area contributed by atoms with Crippen LogP contribution in [0, 0.1) is 0 Å². The van der Waals surface area contributed by atoms with Crippen molar-refractivity contribution in [1.29, 1.82) is 0 Å². The van der Waals surface area contributed by atoms with Crippen LogP contribution in [0.1, 0.15) is 90.1 Å². The van der Waals surface area contributed by atoms with E-state index in [1.807, 2.05) is 24.3 Å². The number of anilines is 6. The normalized spacial score (nSPS) is 11.8. The van der Waals surface area contributed by atoms with Crippen LogP contribution in [0.5, 0.6) is 0 Å². The summed E-state index contributed by atoms with van der Waals surface area (Å²) in [4.78, 5) is 4.70. The van der Waals surface area contributed by atoms with Gasteiger partial charge in [-0.3, -0.25) is 0 Å². The summed E-state index contributed by atoms with van der Waals surface area (Å²) in [5.74, 6) is 3.23. The van der Waals surface area contributed by atoms with Crippen molar-refractivity contribution in [3.8, 4) is 78.7 Å². The van der Waals surface area contributed by atoms with Gasteiger partial charge in [0.05, 0.1) is 0 Å². The van der Waals surface area contributed by atoms with Crippen LogP contribution in [0.15, 0.2) is 433 Å². The van der Waals surface area contributed by atoms with E-state index in [4.69, 9.17) is 17.7 Å². The highest BCUT2D eigenvalue weighted by Gasteiger charge is 2.26. The maximum Gasteiger partial charge on any atom is 0.178 e. The topological polar surface area (TPSA) is 59.0 Å². The maximum atomic E-state index is 6.92. The predicted octanol–water partition coefficient (Wildman–Crippen LogP) is 36.0. The molecule has 0 bridgehead atoms. The first-order valence-corrected chi connectivity index (χ1v) is 45.1. The minimum absolute atomic E-state index is 0.00801. The number of rotatable bonds is 15. The predicted molar refractivity (Wildman–Crippen MR) is 542 cm³/mol. The molecule has 0 N–H and O–H groups in total. The van der Waals surface area contributed by atoms with E-state index in [1.165, 1.54) is 61.2 Å². The minimum Gasteiger partial charge on any atom is -0.452 e. The van der Waals surface area contributed by atoms with Gasteiger partial charge in [-0.25, -0.2) is 0 Å². The fraction of sp³-hybridized carbons (Fsp3) is 0.109. The summed E-state index contributed by atoms with van der Waals surface area (Å²) >= 11 is 7.00. The third-order valence-corrected chi connectivity index (χ3v) is 25.1. The van der Waals surface area contributed by atoms with E-state index >= 15 is 0 Å². The van der Waals surface area contributed by atoms with Crippen molar-refractivity contribution in [1.82, 2.24) is 0 Å². The highest BCUT2D eigenvalue weighted by atomic mass is 79.9. The maximum absolute atomic E-state index is 6.92. The molecular formula is C119H96Br2N2O4. The average Bonchev–Trinajstić information content (AvgIpc) is 1.58. The number of fused-ring (bicyclic) bond motifs is 12. The lowest BCUT2D eigenvalue weighted by Crippen LogP contribution is -2.14. The number of halogens is 2. The SMILES string of the molecule is Brc1ccc(-c2cc3c4ccccc4c4cc(-c5ccc(Br)cc5)oc4c3o2)cc1.CC(C)(C)c1cccc(Cc2cccc(-c3ccccc3)c2)c1.CC(C)(C)c1cccc(N(c2ccc(-c3cc4c5ccccc5c5cc(-c6ccc(N(c7cccc(-c8ccccc8)c7)c7cccc(C(C)(C)C)c7)cc6)oc5c4o3)cc2)c2cccc(-c3ccccc3)c2)c1. The van der Waals surface area contributed by atoms with Gasteiger partial charge in [-0.05, 0) is 251 Å². The van der Waals surface area contributed by atoms with Gasteiger partial charge in [0.1, 0.15) is 23.0 Å². The van der Waals surface area contributed by atoms with Crippen LogP contribution in [0.2, 0.25) is 0 Å². The van der Waals surface area contributed by atoms with Crippen LogP contribution in [0.25, 0.3) is 144 Å². The zero-order chi connectivity index (χ0) is 87.1. The Morgan fingerprint density at radius 1 is 0.197 bits per heavy atom. The van der Waals surface area contributed by atoms with E-state index in [-0.39, 0.29) is 16.2 Å². The number of benzene rings is 17. The summed E-state index contributed by atoms with van der Waals surface area (Å²) < 4.78 is 28.7. The zero-order valence-electron chi connectivity index (χ0n) is 72.7. The summed E-state index contributed by atoms with van der Waals surface area (Å²) in [7, 11) is 0. The third-order valence-electron chi connectivity index (χ3n) is 24.0. The van der Waals surface area contributed by atoms with Gasteiger partial charge in [0.15, 0.2) is 22.3 Å². The molecule has 8 heteroatoms. The van der Waals surface area contributed by atoms with Crippen LogP contribution in [0.4, 0.5) is 34.1 Å². The molecule has 0 aliphatic heterocycles. The summed E-state index contributed by atoms with van der Waals surface area (Å²) in [5.41, 5.74) is 27.7. The fourth-order valence-corrected chi connectivity index (χ4v) is 17.7. The lowest BCUT2D eigenvalue weighted by atomic mass is 9.85. The molecule has 0 spiro atoms. The summed E-state index contributed by atoms with van der Waals surface area (Å²) in [6.07, 6.45) is 0.977. The second-order valence-electron chi connectivity index (χ2n) is 35.9. The molecule has 620 valence electrons. The Labute approximate surface area is 760 Å². The largest absolute Gasteiger partial charge is 0.452 e. The molecule has 4 aromatic heterocycles. The Kier molecular flexibility index (Phi) is 22.7. The first-order valence-electron chi connectivity index (χ1n) is 43.5. The molecule has 0 amide bonds. The van der Waals surface area contributed by atoms with E-state index in [1.54, 1.807) is 0 Å². The molecule has 127 heavy (non-hydrogen) atoms. The van der Waals surface area contributed by atoms with Gasteiger partial charge in [0.25, 0.3) is 0 Å². The Bertz CT molecular complexity index is 7150. The molecule has 4 heterocycles. The van der Waals surface area contributed by atoms with Gasteiger partial charge in [-0.15, -0.1) is 0 Å². The van der Waals surface area contributed by atoms with E-state index in [9.17, 15) is 0 Å². The van der Waals surface area contributed by atoms with Crippen molar-refractivity contribution in [3.63, 3.8) is 0 Å². The number of hydrogen-bond donors (Lipinski definition) is 0. The Balaban J connectivity index is 0.000000160. The van der Waals surface area contributed by atoms with E-state index in [0.717, 1.165) is 160 Å². The molecule has 0 unspecified atom stereocenters. The van der Waals surface area contributed by atoms with Crippen LogP contribution in [-0.4, -0.2) is 0 Å². The molecule has 0 saturated carbocycles. The lowest BCUT2D eigenvalue weighted by molar-refractivity contribution is 0.589. The van der Waals surface area contributed by atoms with E-state index < -0.39 is 0 Å². The van der Waals surface area contributed by atoms with Crippen LogP contribution >= 0.6 is 31.9 Å². The van der Waals surface area contributed by atoms with Crippen molar-refractivity contribution < 1.29 is 17.7 Å². The summed E-state index contributed by atoms with van der Waals surface area (Å²) in [6.45, 7) is 20.4. The summed E-state index contributed by atoms with van der Waals surface area (Å²) in [6, 6.07) is 144. The Morgan fingerprint density at radius 3 is 0.772 bits per heavy atom. The third kappa shape index (κ3) is 17.5. The van der Waals surface area contributed by atoms with Gasteiger partial charge in [-0.2, -0.15) is 0 Å². The first kappa shape index (κ1) is 82.6. The lowest BCUT2D eigenvalue weighted by Gasteiger charge is -2.28. The second kappa shape index (κ2) is 34.8. The molecule has 0 saturated heterocycles. The number of furan rings is 4. The van der Waals surface area contributed by atoms with Crippen LogP contribution < -0.4 is 9.80 Å². The molecule has 0 fully saturated rings. The zero-order valence-corrected chi connectivity index (χ0v) is 75.8. The molecule has 17 aromatic carbocycles. The van der Waals surface area contributed by atoms with Gasteiger partial charge in [-0.1, -0.05) is 355 Å². The van der Waals surface area contributed by atoms with Gasteiger partial charge in [0, 0.05) is 86.9 Å². The van der Waals surface area contributed by atoms with Gasteiger partial charge in [0.2, 0.25) is 0 Å². The molecule has 6 nitrogen and oxygen atoms in total. The Morgan fingerprint density at radius 2 is 0.449 bits per heavy atom. The molecule has 21 aromatic rings. The Hall–Kier alpha value is -14.0. The van der Waals surface area contributed by atoms with E-state index in [2.05, 4.69) is 486 Å². The van der Waals surface area contributed by atoms with Crippen LogP contribution in [-0.2, 0) is 22.7 Å². The number of hydrogen-bond acceptors (Lipinski definition) is 6. The quantitative estimate of drug-likeness (QED) is 0.102. The van der Waals surface area contributed by atoms with Crippen molar-refractivity contribution in [2.75, 3.05) is 9.80 Å². The van der Waals surface area contributed by atoms with Gasteiger partial charge >= 0.3 is 0 Å². The minimum atomic E-state index is -0.00801. The van der Waals surface area contributed by atoms with Crippen molar-refractivity contribution in [2.24, 2.45) is 0 Å². The molecule has 0 aliphatic carbocycles. The van der Waals surface area contributed by atoms with Crippen molar-refractivity contribution in [2.45, 2.75) is 85.0 Å². The fourth-order valence-electron chi connectivity index (χ4n) is 17.2. The van der Waals surface area contributed by atoms with Crippen LogP contribution in [0.3, 0.4) is 0 Å². The highest BCUT2D eigenvalue weighted by molar-refractivity contribution is 9.10. The molecule has 0 aliphatic rings. The van der Waals surface area contributed by atoms with E-state index in [0.29, 0.717) is 0 Å². The van der Waals surface area contributed by atoms with Crippen molar-refractivity contribution >= 4 is 131 Å². The molecule has 0 atom stereocenters. The van der Waals surface area contributed by atoms with Gasteiger partial charge < -0.3 is 27.5 Å². The summed E-state index contributed by atoms with van der Waals surface area (Å²) in [5, 5.41) is 8.74. The molecule has 21 rings (SSSR count). The standard InChI is InChI=1S/C70H58N2O2.C26H14Br2O2.C23H24/c1-69(2,3)53-25-17-29-59(43-53)71(57-27-15-23-51(41-57)47-19-9-7-10-20-47)55-37-33-49(34-38-55)65-45-63-61-31-13-14-32-62(61)64-46-66(74-68(64)67(63)73-65)50-35-39-56(40-36-50)72(60-30-18-26-54(44-60)70(4,5)6)58-28-16-24-52(42-58)48-21-11-8-12-22-48;27-17-9-5-15(6-10-17)23-13-21-19-3-1-2-4-20(19)22-14-24(30-26(22)25(21)29-23)16-7-11-18(28)12-8-16;1-23(2,3)22-14-8-10-19(17-22)15-18-9-7-13-21(16-18)20-11-5-4-6-12-20/h7-46H,1-6H3;1-14H;4-14,16-17H,15H2,1-3H3. The number of nitrogens with zero attached hydrogens (tertiary/aromatic N) is 2. The second-order valence-corrected chi connectivity index (χ2v) is 37.7. The first-order chi connectivity index (χ1) is 61.6. The average molecular weight is 1780 g/mol. The highest BCUT2D eigenvalue weighted by Crippen LogP contribution is 2.48. The smallest absolute Gasteiger partial charge is 0.178 e. The molecular weight excluding hydrogens is 1680 g/mol.